The molecule has 5 heteroatoms. The number of hydrogen-bond donors (Lipinski definition) is 1. The van der Waals surface area contributed by atoms with Crippen LogP contribution in [0, 0.1) is 6.92 Å². The lowest BCUT2D eigenvalue weighted by Crippen LogP contribution is -2.31. The van der Waals surface area contributed by atoms with E-state index >= 15 is 0 Å². The molecule has 0 amide bonds. The van der Waals surface area contributed by atoms with Crippen LogP contribution >= 0.6 is 12.2 Å². The molecule has 1 fully saturated rings. The summed E-state index contributed by atoms with van der Waals surface area (Å²) >= 11 is 4.91. The Labute approximate surface area is 119 Å². The lowest BCUT2D eigenvalue weighted by molar-refractivity contribution is 0.324. The van der Waals surface area contributed by atoms with Crippen molar-refractivity contribution >= 4 is 17.2 Å². The van der Waals surface area contributed by atoms with Gasteiger partial charge < -0.3 is 15.2 Å². The van der Waals surface area contributed by atoms with Gasteiger partial charge in [-0.15, -0.1) is 0 Å². The SMILES string of the molecule is Cc1ccc(C(N)=S)c(=O)n1CCCN1CCCC1. The number of pyridine rings is 1. The van der Waals surface area contributed by atoms with Crippen LogP contribution in [0.3, 0.4) is 0 Å². The monoisotopic (exact) mass is 279 g/mol. The summed E-state index contributed by atoms with van der Waals surface area (Å²) in [5.74, 6) is 0. The molecule has 4 nitrogen and oxygen atoms in total. The van der Waals surface area contributed by atoms with Gasteiger partial charge >= 0.3 is 0 Å². The summed E-state index contributed by atoms with van der Waals surface area (Å²) in [6, 6.07) is 3.63. The Balaban J connectivity index is 2.04. The average molecular weight is 279 g/mol. The van der Waals surface area contributed by atoms with E-state index < -0.39 is 0 Å². The lowest BCUT2D eigenvalue weighted by Gasteiger charge is -2.16. The fraction of sp³-hybridized carbons (Fsp3) is 0.571. The molecule has 19 heavy (non-hydrogen) atoms. The molecule has 2 rings (SSSR count). The van der Waals surface area contributed by atoms with Crippen LogP contribution in [0.1, 0.15) is 30.5 Å². The number of hydrogen-bond acceptors (Lipinski definition) is 3. The van der Waals surface area contributed by atoms with Gasteiger partial charge in [0.1, 0.15) is 4.99 Å². The van der Waals surface area contributed by atoms with Crippen molar-refractivity contribution in [2.45, 2.75) is 32.7 Å². The summed E-state index contributed by atoms with van der Waals surface area (Å²) in [7, 11) is 0. The number of aryl methyl sites for hydroxylation is 1. The highest BCUT2D eigenvalue weighted by Crippen LogP contribution is 2.08. The number of nitrogens with zero attached hydrogens (tertiary/aromatic N) is 2. The molecule has 2 N–H and O–H groups in total. The average Bonchev–Trinajstić information content (AvgIpc) is 2.86. The largest absolute Gasteiger partial charge is 0.389 e. The predicted molar refractivity (Wildman–Crippen MR) is 81.6 cm³/mol. The third-order valence-corrected chi connectivity index (χ3v) is 3.93. The van der Waals surface area contributed by atoms with Crippen molar-refractivity contribution in [1.82, 2.24) is 9.47 Å². The molecule has 0 spiro atoms. The minimum absolute atomic E-state index is 0.0612. The zero-order valence-electron chi connectivity index (χ0n) is 11.4. The number of likely N-dealkylation sites (tertiary alicyclic amines) is 1. The third kappa shape index (κ3) is 3.42. The second kappa shape index (κ2) is 6.30. The van der Waals surface area contributed by atoms with Crippen LogP contribution in [-0.2, 0) is 6.54 Å². The first-order valence-corrected chi connectivity index (χ1v) is 7.23. The molecule has 0 unspecified atom stereocenters. The molecule has 1 saturated heterocycles. The topological polar surface area (TPSA) is 51.3 Å². The van der Waals surface area contributed by atoms with Crippen molar-refractivity contribution < 1.29 is 0 Å². The summed E-state index contributed by atoms with van der Waals surface area (Å²) in [5, 5.41) is 0. The first-order chi connectivity index (χ1) is 9.09. The highest BCUT2D eigenvalue weighted by atomic mass is 32.1. The Morgan fingerprint density at radius 2 is 2.00 bits per heavy atom. The van der Waals surface area contributed by atoms with E-state index in [1.54, 1.807) is 10.6 Å². The first kappa shape index (κ1) is 14.2. The van der Waals surface area contributed by atoms with Crippen molar-refractivity contribution in [1.29, 1.82) is 0 Å². The van der Waals surface area contributed by atoms with E-state index in [0.29, 0.717) is 5.56 Å². The maximum atomic E-state index is 12.2. The van der Waals surface area contributed by atoms with Gasteiger partial charge in [0.05, 0.1) is 5.56 Å². The van der Waals surface area contributed by atoms with Gasteiger partial charge in [0.2, 0.25) is 0 Å². The van der Waals surface area contributed by atoms with E-state index in [1.807, 2.05) is 13.0 Å². The molecule has 0 aliphatic carbocycles. The summed E-state index contributed by atoms with van der Waals surface area (Å²) in [6.07, 6.45) is 3.59. The van der Waals surface area contributed by atoms with Gasteiger partial charge in [0, 0.05) is 12.2 Å². The van der Waals surface area contributed by atoms with Crippen LogP contribution in [0.15, 0.2) is 16.9 Å². The summed E-state index contributed by atoms with van der Waals surface area (Å²) < 4.78 is 1.78. The minimum Gasteiger partial charge on any atom is -0.389 e. The molecule has 1 aliphatic heterocycles. The molecular formula is C14H21N3OS. The highest BCUT2D eigenvalue weighted by molar-refractivity contribution is 7.80. The summed E-state index contributed by atoms with van der Waals surface area (Å²) in [6.45, 7) is 6.13. The summed E-state index contributed by atoms with van der Waals surface area (Å²) in [4.78, 5) is 14.9. The molecule has 0 aromatic carbocycles. The van der Waals surface area contributed by atoms with Crippen molar-refractivity contribution in [3.8, 4) is 0 Å². The zero-order chi connectivity index (χ0) is 13.8. The quantitative estimate of drug-likeness (QED) is 0.825. The molecule has 1 aromatic rings. The Kier molecular flexibility index (Phi) is 4.71. The van der Waals surface area contributed by atoms with Crippen molar-refractivity contribution in [3.05, 3.63) is 33.7 Å². The van der Waals surface area contributed by atoms with Crippen LogP contribution in [0.25, 0.3) is 0 Å². The zero-order valence-corrected chi connectivity index (χ0v) is 12.2. The van der Waals surface area contributed by atoms with Gasteiger partial charge in [-0.3, -0.25) is 4.79 Å². The molecular weight excluding hydrogens is 258 g/mol. The van der Waals surface area contributed by atoms with Gasteiger partial charge in [0.25, 0.3) is 5.56 Å². The van der Waals surface area contributed by atoms with E-state index in [4.69, 9.17) is 18.0 Å². The maximum Gasteiger partial charge on any atom is 0.260 e. The molecule has 0 bridgehead atoms. The lowest BCUT2D eigenvalue weighted by atomic mass is 10.2. The second-order valence-corrected chi connectivity index (χ2v) is 5.55. The third-order valence-electron chi connectivity index (χ3n) is 3.71. The Hall–Kier alpha value is -1.20. The van der Waals surface area contributed by atoms with Gasteiger partial charge in [-0.25, -0.2) is 0 Å². The van der Waals surface area contributed by atoms with Crippen LogP contribution < -0.4 is 11.3 Å². The van der Waals surface area contributed by atoms with Crippen LogP contribution in [-0.4, -0.2) is 34.1 Å². The van der Waals surface area contributed by atoms with E-state index in [2.05, 4.69) is 4.90 Å². The van der Waals surface area contributed by atoms with Gasteiger partial charge in [-0.1, -0.05) is 12.2 Å². The summed E-state index contributed by atoms with van der Waals surface area (Å²) in [5.41, 5.74) is 6.92. The van der Waals surface area contributed by atoms with Gasteiger partial charge in [0.15, 0.2) is 0 Å². The fourth-order valence-corrected chi connectivity index (χ4v) is 2.75. The number of nitrogens with two attached hydrogens (primary N) is 1. The first-order valence-electron chi connectivity index (χ1n) is 6.82. The van der Waals surface area contributed by atoms with E-state index in [1.165, 1.54) is 25.9 Å². The van der Waals surface area contributed by atoms with E-state index in [9.17, 15) is 4.79 Å². The van der Waals surface area contributed by atoms with Gasteiger partial charge in [-0.2, -0.15) is 0 Å². The molecule has 0 atom stereocenters. The van der Waals surface area contributed by atoms with Crippen molar-refractivity contribution in [2.75, 3.05) is 19.6 Å². The maximum absolute atomic E-state index is 12.2. The van der Waals surface area contributed by atoms with Crippen LogP contribution in [0.5, 0.6) is 0 Å². The Bertz CT molecular complexity index is 518. The van der Waals surface area contributed by atoms with E-state index in [0.717, 1.165) is 25.2 Å². The highest BCUT2D eigenvalue weighted by Gasteiger charge is 2.12. The molecule has 1 aromatic heterocycles. The number of aromatic nitrogens is 1. The number of thiocarbonyl (C=S) groups is 1. The second-order valence-electron chi connectivity index (χ2n) is 5.11. The Morgan fingerprint density at radius 3 is 2.63 bits per heavy atom. The minimum atomic E-state index is -0.0612. The van der Waals surface area contributed by atoms with E-state index in [-0.39, 0.29) is 10.5 Å². The van der Waals surface area contributed by atoms with Crippen molar-refractivity contribution in [2.24, 2.45) is 5.73 Å². The number of rotatable bonds is 5. The fourth-order valence-electron chi connectivity index (χ4n) is 2.59. The van der Waals surface area contributed by atoms with Crippen LogP contribution in [0.4, 0.5) is 0 Å². The standard InChI is InChI=1S/C14H21N3OS/c1-11-5-6-12(13(15)19)14(18)17(11)10-4-9-16-7-2-3-8-16/h5-6H,2-4,7-10H2,1H3,(H2,15,19). The molecule has 1 aliphatic rings. The van der Waals surface area contributed by atoms with Crippen molar-refractivity contribution in [3.63, 3.8) is 0 Å². The molecule has 2 heterocycles. The normalized spacial score (nSPS) is 15.8. The smallest absolute Gasteiger partial charge is 0.260 e. The Morgan fingerprint density at radius 1 is 1.32 bits per heavy atom. The molecule has 0 saturated carbocycles. The van der Waals surface area contributed by atoms with Gasteiger partial charge in [-0.05, 0) is 58.0 Å². The predicted octanol–water partition coefficient (Wildman–Crippen LogP) is 1.28. The van der Waals surface area contributed by atoms with Crippen LogP contribution in [0.2, 0.25) is 0 Å². The molecule has 0 radical (unpaired) electrons. The molecule has 104 valence electrons.